The largest absolute Gasteiger partial charge is 0.309 e. The van der Waals surface area contributed by atoms with Gasteiger partial charge in [0.1, 0.15) is 0 Å². The van der Waals surface area contributed by atoms with Gasteiger partial charge in [0, 0.05) is 44.0 Å². The van der Waals surface area contributed by atoms with Crippen molar-refractivity contribution in [3.8, 4) is 78.4 Å². The van der Waals surface area contributed by atoms with E-state index < -0.39 is 0 Å². The van der Waals surface area contributed by atoms with E-state index in [1.807, 2.05) is 0 Å². The van der Waals surface area contributed by atoms with Crippen molar-refractivity contribution in [1.29, 1.82) is 0 Å². The molecule has 3 heterocycles. The zero-order chi connectivity index (χ0) is 45.0. The molecular weight excluding hydrogens is 823 g/mol. The van der Waals surface area contributed by atoms with Crippen LogP contribution in [-0.2, 0) is 0 Å². The van der Waals surface area contributed by atoms with Crippen LogP contribution in [0.4, 0.5) is 0 Å². The van der Waals surface area contributed by atoms with E-state index in [9.17, 15) is 0 Å². The number of aromatic nitrogens is 3. The lowest BCUT2D eigenvalue weighted by molar-refractivity contribution is 1.18. The summed E-state index contributed by atoms with van der Waals surface area (Å²) in [5.41, 5.74) is 20.2. The summed E-state index contributed by atoms with van der Waals surface area (Å²) in [5, 5.41) is 5.00. The first kappa shape index (κ1) is 39.3. The first-order chi connectivity index (χ1) is 33.7. The third-order valence-corrected chi connectivity index (χ3v) is 13.5. The molecule has 0 saturated heterocycles. The van der Waals surface area contributed by atoms with Crippen molar-refractivity contribution in [1.82, 2.24) is 14.1 Å². The SMILES string of the molecule is c1ccc(-c2cccc(-c3ccc(-c4cc(-c5cccc(-n6c7ccccc7c7ccccc76)c5)cc(-c5cccc(-c6cccc(-n7c8ccccc8c8ccccc87)c6)c5)n4)cc3)c2)cc1. The lowest BCUT2D eigenvalue weighted by Crippen LogP contribution is -1.95. The summed E-state index contributed by atoms with van der Waals surface area (Å²) in [6, 6.07) is 94.2. The molecule has 0 N–H and O–H groups in total. The summed E-state index contributed by atoms with van der Waals surface area (Å²) in [6.07, 6.45) is 0. The fraction of sp³-hybridized carbons (Fsp3) is 0. The second-order valence-electron chi connectivity index (χ2n) is 17.6. The Balaban J connectivity index is 0.927. The van der Waals surface area contributed by atoms with Crippen molar-refractivity contribution >= 4 is 43.6 Å². The molecule has 318 valence electrons. The molecule has 0 fully saturated rings. The van der Waals surface area contributed by atoms with Gasteiger partial charge < -0.3 is 9.13 Å². The third kappa shape index (κ3) is 6.88. The Kier molecular flexibility index (Phi) is 9.50. The first-order valence-electron chi connectivity index (χ1n) is 23.3. The summed E-state index contributed by atoms with van der Waals surface area (Å²) in [4.78, 5) is 5.46. The molecule has 0 saturated carbocycles. The van der Waals surface area contributed by atoms with Crippen LogP contribution in [0.15, 0.2) is 261 Å². The number of nitrogens with zero attached hydrogens (tertiary/aromatic N) is 3. The molecule has 0 radical (unpaired) electrons. The van der Waals surface area contributed by atoms with Crippen LogP contribution in [0, 0.1) is 0 Å². The maximum Gasteiger partial charge on any atom is 0.0715 e. The lowest BCUT2D eigenvalue weighted by atomic mass is 9.96. The number of para-hydroxylation sites is 4. The Morgan fingerprint density at radius 3 is 1.03 bits per heavy atom. The molecule has 0 amide bonds. The maximum absolute atomic E-state index is 5.46. The molecule has 0 bridgehead atoms. The molecule has 10 aromatic carbocycles. The van der Waals surface area contributed by atoms with Crippen molar-refractivity contribution < 1.29 is 0 Å². The molecule has 0 unspecified atom stereocenters. The van der Waals surface area contributed by atoms with Gasteiger partial charge in [0.2, 0.25) is 0 Å². The molecule has 3 aromatic heterocycles. The minimum absolute atomic E-state index is 0.916. The van der Waals surface area contributed by atoms with Gasteiger partial charge in [0.05, 0.1) is 33.5 Å². The monoisotopic (exact) mass is 865 g/mol. The Labute approximate surface area is 395 Å². The minimum Gasteiger partial charge on any atom is -0.309 e. The van der Waals surface area contributed by atoms with E-state index in [1.165, 1.54) is 60.3 Å². The van der Waals surface area contributed by atoms with Crippen molar-refractivity contribution in [2.24, 2.45) is 0 Å². The van der Waals surface area contributed by atoms with Gasteiger partial charge in [0.15, 0.2) is 0 Å². The maximum atomic E-state index is 5.46. The second-order valence-corrected chi connectivity index (χ2v) is 17.6. The van der Waals surface area contributed by atoms with Gasteiger partial charge in [-0.05, 0) is 117 Å². The highest BCUT2D eigenvalue weighted by atomic mass is 15.0. The van der Waals surface area contributed by atoms with Crippen molar-refractivity contribution in [3.05, 3.63) is 261 Å². The predicted octanol–water partition coefficient (Wildman–Crippen LogP) is 17.3. The average Bonchev–Trinajstić information content (AvgIpc) is 3.94. The molecule has 13 aromatic rings. The van der Waals surface area contributed by atoms with E-state index in [0.29, 0.717) is 0 Å². The fourth-order valence-electron chi connectivity index (χ4n) is 10.2. The molecule has 68 heavy (non-hydrogen) atoms. The molecule has 3 nitrogen and oxygen atoms in total. The van der Waals surface area contributed by atoms with Gasteiger partial charge in [-0.1, -0.05) is 188 Å². The molecule has 0 spiro atoms. The quantitative estimate of drug-likeness (QED) is 0.149. The van der Waals surface area contributed by atoms with E-state index in [0.717, 1.165) is 61.7 Å². The Hall–Kier alpha value is -9.05. The smallest absolute Gasteiger partial charge is 0.0715 e. The molecular formula is C65H43N3. The highest BCUT2D eigenvalue weighted by Crippen LogP contribution is 2.38. The minimum atomic E-state index is 0.916. The number of rotatable bonds is 8. The number of fused-ring (bicyclic) bond motifs is 6. The summed E-state index contributed by atoms with van der Waals surface area (Å²) in [6.45, 7) is 0. The van der Waals surface area contributed by atoms with Crippen LogP contribution in [0.1, 0.15) is 0 Å². The molecule has 0 aliphatic rings. The highest BCUT2D eigenvalue weighted by molar-refractivity contribution is 6.10. The molecule has 0 atom stereocenters. The van der Waals surface area contributed by atoms with Crippen LogP contribution in [0.25, 0.3) is 122 Å². The van der Waals surface area contributed by atoms with Gasteiger partial charge in [-0.25, -0.2) is 4.98 Å². The summed E-state index contributed by atoms with van der Waals surface area (Å²) in [7, 11) is 0. The first-order valence-corrected chi connectivity index (χ1v) is 23.3. The van der Waals surface area contributed by atoms with Crippen LogP contribution in [0.3, 0.4) is 0 Å². The zero-order valence-electron chi connectivity index (χ0n) is 37.2. The third-order valence-electron chi connectivity index (χ3n) is 13.5. The van der Waals surface area contributed by atoms with Crippen molar-refractivity contribution in [2.45, 2.75) is 0 Å². The van der Waals surface area contributed by atoms with Crippen molar-refractivity contribution in [2.75, 3.05) is 0 Å². The van der Waals surface area contributed by atoms with E-state index in [-0.39, 0.29) is 0 Å². The van der Waals surface area contributed by atoms with Gasteiger partial charge in [-0.2, -0.15) is 0 Å². The van der Waals surface area contributed by atoms with Gasteiger partial charge in [-0.3, -0.25) is 0 Å². The van der Waals surface area contributed by atoms with Crippen LogP contribution in [0.2, 0.25) is 0 Å². The summed E-state index contributed by atoms with van der Waals surface area (Å²) >= 11 is 0. The van der Waals surface area contributed by atoms with Gasteiger partial charge in [0.25, 0.3) is 0 Å². The molecule has 3 heteroatoms. The molecule has 0 aliphatic heterocycles. The van der Waals surface area contributed by atoms with Gasteiger partial charge in [-0.15, -0.1) is 0 Å². The van der Waals surface area contributed by atoms with Crippen LogP contribution in [-0.4, -0.2) is 14.1 Å². The predicted molar refractivity (Wildman–Crippen MR) is 286 cm³/mol. The van der Waals surface area contributed by atoms with Gasteiger partial charge >= 0.3 is 0 Å². The molecule has 0 aliphatic carbocycles. The number of hydrogen-bond acceptors (Lipinski definition) is 1. The van der Waals surface area contributed by atoms with Crippen LogP contribution >= 0.6 is 0 Å². The number of hydrogen-bond donors (Lipinski definition) is 0. The van der Waals surface area contributed by atoms with E-state index >= 15 is 0 Å². The average molecular weight is 866 g/mol. The highest BCUT2D eigenvalue weighted by Gasteiger charge is 2.16. The summed E-state index contributed by atoms with van der Waals surface area (Å²) < 4.78 is 4.77. The number of benzene rings is 10. The second kappa shape index (κ2) is 16.4. The lowest BCUT2D eigenvalue weighted by Gasteiger charge is -2.14. The Bertz CT molecular complexity index is 3920. The Morgan fingerprint density at radius 2 is 0.529 bits per heavy atom. The van der Waals surface area contributed by atoms with Crippen molar-refractivity contribution in [3.63, 3.8) is 0 Å². The van der Waals surface area contributed by atoms with E-state index in [4.69, 9.17) is 4.98 Å². The zero-order valence-corrected chi connectivity index (χ0v) is 37.2. The van der Waals surface area contributed by atoms with E-state index in [1.54, 1.807) is 0 Å². The summed E-state index contributed by atoms with van der Waals surface area (Å²) in [5.74, 6) is 0. The number of pyridine rings is 1. The Morgan fingerprint density at radius 1 is 0.206 bits per heavy atom. The van der Waals surface area contributed by atoms with E-state index in [2.05, 4.69) is 270 Å². The standard InChI is InChI=1S/C65H43N3/c1-2-16-44(17-3-1)47-18-12-19-48(38-47)45-34-36-46(37-35-45)60-42-53(51-22-15-25-55(41-51)68-64-32-10-6-28-58(64)59-29-7-11-33-65(59)68)43-61(66-60)52-23-13-20-49(39-52)50-21-14-24-54(40-50)67-62-30-8-4-26-56(62)57-27-5-9-31-63(57)67/h1-43H. The topological polar surface area (TPSA) is 22.8 Å². The van der Waals surface area contributed by atoms with Crippen LogP contribution < -0.4 is 0 Å². The van der Waals surface area contributed by atoms with Crippen LogP contribution in [0.5, 0.6) is 0 Å². The molecule has 13 rings (SSSR count). The fourth-order valence-corrected chi connectivity index (χ4v) is 10.2. The normalized spacial score (nSPS) is 11.5.